The van der Waals surface area contributed by atoms with Crippen molar-refractivity contribution in [3.8, 4) is 0 Å². The maximum atomic E-state index is 6.03. The largest absolute Gasteiger partial charge is 0.324 e. The summed E-state index contributed by atoms with van der Waals surface area (Å²) in [5.41, 5.74) is 6.75. The highest BCUT2D eigenvalue weighted by molar-refractivity contribution is 4.98. The standard InChI is InChI=1S/C11H22N2/c1-10(2,12)8-13-7-3-4-11(9-13)5-6-11/h3-9,12H2,1-2H3. The van der Waals surface area contributed by atoms with Gasteiger partial charge in [0.1, 0.15) is 0 Å². The van der Waals surface area contributed by atoms with E-state index in [1.165, 1.54) is 38.8 Å². The molecule has 2 heteroatoms. The van der Waals surface area contributed by atoms with Gasteiger partial charge in [0.2, 0.25) is 0 Å². The molecule has 2 aliphatic rings. The van der Waals surface area contributed by atoms with Crippen LogP contribution in [0.4, 0.5) is 0 Å². The van der Waals surface area contributed by atoms with Crippen molar-refractivity contribution in [3.05, 3.63) is 0 Å². The predicted molar refractivity (Wildman–Crippen MR) is 55.6 cm³/mol. The highest BCUT2D eigenvalue weighted by Crippen LogP contribution is 2.52. The number of nitrogens with zero attached hydrogens (tertiary/aromatic N) is 1. The molecule has 76 valence electrons. The molecule has 1 spiro atoms. The first kappa shape index (κ1) is 9.47. The fourth-order valence-electron chi connectivity index (χ4n) is 2.61. The van der Waals surface area contributed by atoms with Gasteiger partial charge in [-0.3, -0.25) is 0 Å². The van der Waals surface area contributed by atoms with E-state index in [-0.39, 0.29) is 5.54 Å². The Morgan fingerprint density at radius 1 is 1.31 bits per heavy atom. The Balaban J connectivity index is 1.86. The van der Waals surface area contributed by atoms with Crippen molar-refractivity contribution in [1.82, 2.24) is 4.90 Å². The van der Waals surface area contributed by atoms with E-state index in [9.17, 15) is 0 Å². The Morgan fingerprint density at radius 2 is 2.00 bits per heavy atom. The zero-order chi connectivity index (χ0) is 9.53. The first-order valence-corrected chi connectivity index (χ1v) is 5.51. The van der Waals surface area contributed by atoms with Crippen molar-refractivity contribution in [2.45, 2.75) is 45.1 Å². The molecule has 1 heterocycles. The highest BCUT2D eigenvalue weighted by Gasteiger charge is 2.45. The van der Waals surface area contributed by atoms with Gasteiger partial charge < -0.3 is 10.6 Å². The lowest BCUT2D eigenvalue weighted by Crippen LogP contribution is -2.48. The van der Waals surface area contributed by atoms with E-state index in [4.69, 9.17) is 5.73 Å². The Kier molecular flexibility index (Phi) is 2.16. The first-order chi connectivity index (χ1) is 5.99. The van der Waals surface area contributed by atoms with Crippen LogP contribution in [0, 0.1) is 5.41 Å². The molecule has 0 aromatic heterocycles. The van der Waals surface area contributed by atoms with Crippen LogP contribution in [0.15, 0.2) is 0 Å². The minimum atomic E-state index is -0.0204. The summed E-state index contributed by atoms with van der Waals surface area (Å²) < 4.78 is 0. The van der Waals surface area contributed by atoms with Gasteiger partial charge in [-0.1, -0.05) is 0 Å². The van der Waals surface area contributed by atoms with E-state index < -0.39 is 0 Å². The molecule has 13 heavy (non-hydrogen) atoms. The number of likely N-dealkylation sites (tertiary alicyclic amines) is 1. The van der Waals surface area contributed by atoms with Crippen molar-refractivity contribution < 1.29 is 0 Å². The van der Waals surface area contributed by atoms with Crippen LogP contribution in [0.5, 0.6) is 0 Å². The van der Waals surface area contributed by atoms with Crippen molar-refractivity contribution in [1.29, 1.82) is 0 Å². The lowest BCUT2D eigenvalue weighted by Gasteiger charge is -2.36. The number of hydrogen-bond donors (Lipinski definition) is 1. The van der Waals surface area contributed by atoms with Gasteiger partial charge in [0.25, 0.3) is 0 Å². The van der Waals surface area contributed by atoms with Gasteiger partial charge in [0.05, 0.1) is 0 Å². The molecule has 0 aromatic rings. The molecular weight excluding hydrogens is 160 g/mol. The summed E-state index contributed by atoms with van der Waals surface area (Å²) in [7, 11) is 0. The summed E-state index contributed by atoms with van der Waals surface area (Å²) in [6, 6.07) is 0. The van der Waals surface area contributed by atoms with Gasteiger partial charge in [0.15, 0.2) is 0 Å². The maximum absolute atomic E-state index is 6.03. The summed E-state index contributed by atoms with van der Waals surface area (Å²) in [5.74, 6) is 0. The first-order valence-electron chi connectivity index (χ1n) is 5.51. The molecule has 1 saturated carbocycles. The van der Waals surface area contributed by atoms with E-state index in [1.54, 1.807) is 0 Å². The summed E-state index contributed by atoms with van der Waals surface area (Å²) >= 11 is 0. The molecule has 1 aliphatic heterocycles. The van der Waals surface area contributed by atoms with E-state index in [2.05, 4.69) is 18.7 Å². The second-order valence-electron chi connectivity index (χ2n) is 5.80. The number of hydrogen-bond acceptors (Lipinski definition) is 2. The number of nitrogens with two attached hydrogens (primary N) is 1. The van der Waals surface area contributed by atoms with Crippen LogP contribution in [-0.2, 0) is 0 Å². The average Bonchev–Trinajstić information content (AvgIpc) is 2.65. The molecule has 2 nitrogen and oxygen atoms in total. The van der Waals surface area contributed by atoms with Crippen molar-refractivity contribution in [2.75, 3.05) is 19.6 Å². The van der Waals surface area contributed by atoms with E-state index in [1.807, 2.05) is 0 Å². The lowest BCUT2D eigenvalue weighted by molar-refractivity contribution is 0.137. The fourth-order valence-corrected chi connectivity index (χ4v) is 2.61. The van der Waals surface area contributed by atoms with Gasteiger partial charge >= 0.3 is 0 Å². The fraction of sp³-hybridized carbons (Fsp3) is 1.00. The summed E-state index contributed by atoms with van der Waals surface area (Å²) in [4.78, 5) is 2.57. The maximum Gasteiger partial charge on any atom is 0.0226 e. The molecule has 2 fully saturated rings. The predicted octanol–water partition coefficient (Wildman–Crippen LogP) is 1.60. The van der Waals surface area contributed by atoms with Crippen LogP contribution in [0.2, 0.25) is 0 Å². The zero-order valence-electron chi connectivity index (χ0n) is 8.97. The van der Waals surface area contributed by atoms with Gasteiger partial charge in [-0.05, 0) is 51.5 Å². The molecule has 0 amide bonds. The molecule has 0 radical (unpaired) electrons. The van der Waals surface area contributed by atoms with Crippen LogP contribution in [0.1, 0.15) is 39.5 Å². The van der Waals surface area contributed by atoms with Crippen LogP contribution >= 0.6 is 0 Å². The molecule has 0 aromatic carbocycles. The second-order valence-corrected chi connectivity index (χ2v) is 5.80. The molecule has 0 bridgehead atoms. The third-order valence-corrected chi connectivity index (χ3v) is 3.33. The Morgan fingerprint density at radius 3 is 2.54 bits per heavy atom. The molecule has 1 aliphatic carbocycles. The van der Waals surface area contributed by atoms with Crippen LogP contribution < -0.4 is 5.73 Å². The SMILES string of the molecule is CC(C)(N)CN1CCCC2(CC2)C1. The minimum Gasteiger partial charge on any atom is -0.324 e. The molecule has 1 saturated heterocycles. The summed E-state index contributed by atoms with van der Waals surface area (Å²) in [6.45, 7) is 7.90. The van der Waals surface area contributed by atoms with Gasteiger partial charge in [-0.2, -0.15) is 0 Å². The topological polar surface area (TPSA) is 29.3 Å². The van der Waals surface area contributed by atoms with Crippen LogP contribution in [0.3, 0.4) is 0 Å². The molecule has 0 unspecified atom stereocenters. The van der Waals surface area contributed by atoms with Gasteiger partial charge in [0, 0.05) is 18.6 Å². The van der Waals surface area contributed by atoms with Crippen molar-refractivity contribution >= 4 is 0 Å². The van der Waals surface area contributed by atoms with Crippen LogP contribution in [0.25, 0.3) is 0 Å². The number of piperidine rings is 1. The van der Waals surface area contributed by atoms with Crippen molar-refractivity contribution in [3.63, 3.8) is 0 Å². The lowest BCUT2D eigenvalue weighted by atomic mass is 9.93. The number of rotatable bonds is 2. The van der Waals surface area contributed by atoms with Gasteiger partial charge in [-0.25, -0.2) is 0 Å². The van der Waals surface area contributed by atoms with E-state index >= 15 is 0 Å². The third kappa shape index (κ3) is 2.44. The van der Waals surface area contributed by atoms with Crippen LogP contribution in [-0.4, -0.2) is 30.1 Å². The molecule has 2 N–H and O–H groups in total. The second kappa shape index (κ2) is 2.96. The quantitative estimate of drug-likeness (QED) is 0.703. The normalized spacial score (nSPS) is 27.9. The smallest absolute Gasteiger partial charge is 0.0226 e. The Labute approximate surface area is 81.5 Å². The van der Waals surface area contributed by atoms with E-state index in [0.717, 1.165) is 12.0 Å². The van der Waals surface area contributed by atoms with Crippen molar-refractivity contribution in [2.24, 2.45) is 11.1 Å². The molecule has 0 atom stereocenters. The minimum absolute atomic E-state index is 0.0204. The van der Waals surface area contributed by atoms with E-state index in [0.29, 0.717) is 0 Å². The molecule has 2 rings (SSSR count). The highest BCUT2D eigenvalue weighted by atomic mass is 15.2. The molecular formula is C11H22N2. The summed E-state index contributed by atoms with van der Waals surface area (Å²) in [5, 5.41) is 0. The zero-order valence-corrected chi connectivity index (χ0v) is 8.97. The third-order valence-electron chi connectivity index (χ3n) is 3.33. The Hall–Kier alpha value is -0.0800. The van der Waals surface area contributed by atoms with Gasteiger partial charge in [-0.15, -0.1) is 0 Å². The Bertz CT molecular complexity index is 187. The average molecular weight is 182 g/mol. The monoisotopic (exact) mass is 182 g/mol. The summed E-state index contributed by atoms with van der Waals surface area (Å²) in [6.07, 6.45) is 5.79.